The van der Waals surface area contributed by atoms with E-state index in [-0.39, 0.29) is 11.9 Å². The fourth-order valence-electron chi connectivity index (χ4n) is 2.72. The van der Waals surface area contributed by atoms with Crippen molar-refractivity contribution in [3.8, 4) is 11.5 Å². The zero-order valence-electron chi connectivity index (χ0n) is 13.4. The minimum Gasteiger partial charge on any atom is -0.411 e. The van der Waals surface area contributed by atoms with Crippen molar-refractivity contribution in [3.05, 3.63) is 30.5 Å². The molecule has 0 radical (unpaired) electrons. The Labute approximate surface area is 147 Å². The van der Waals surface area contributed by atoms with Crippen molar-refractivity contribution in [3.63, 3.8) is 0 Å². The summed E-state index contributed by atoms with van der Waals surface area (Å²) in [5, 5.41) is 11.5. The first-order valence-electron chi connectivity index (χ1n) is 7.79. The fraction of sp³-hybridized carbons (Fsp3) is 0.250. The quantitative estimate of drug-likeness (QED) is 0.694. The second-order valence-electron chi connectivity index (χ2n) is 5.60. The SMILES string of the molecule is C[C@H](Sc1nnc(-c2c[nH]c3ccccc23)o1)C(=O)N1CCNC1=O. The van der Waals surface area contributed by atoms with E-state index in [1.165, 1.54) is 4.90 Å². The van der Waals surface area contributed by atoms with Crippen LogP contribution in [0.25, 0.3) is 22.4 Å². The average Bonchev–Trinajstić information content (AvgIpc) is 3.33. The van der Waals surface area contributed by atoms with Crippen molar-refractivity contribution in [2.75, 3.05) is 13.1 Å². The van der Waals surface area contributed by atoms with Gasteiger partial charge in [0.25, 0.3) is 11.1 Å². The number of aromatic amines is 1. The molecule has 0 saturated carbocycles. The molecular weight excluding hydrogens is 342 g/mol. The molecule has 4 rings (SSSR count). The van der Waals surface area contributed by atoms with Gasteiger partial charge in [-0.1, -0.05) is 30.0 Å². The lowest BCUT2D eigenvalue weighted by molar-refractivity contribution is -0.126. The maximum Gasteiger partial charge on any atom is 0.324 e. The number of rotatable bonds is 4. The summed E-state index contributed by atoms with van der Waals surface area (Å²) in [6, 6.07) is 7.46. The van der Waals surface area contributed by atoms with Crippen LogP contribution >= 0.6 is 11.8 Å². The third-order valence-corrected chi connectivity index (χ3v) is 4.90. The normalized spacial score (nSPS) is 15.6. The van der Waals surface area contributed by atoms with Crippen LogP contribution in [0.4, 0.5) is 4.79 Å². The number of aromatic nitrogens is 3. The number of nitrogens with zero attached hydrogens (tertiary/aromatic N) is 3. The Morgan fingerprint density at radius 2 is 2.20 bits per heavy atom. The maximum atomic E-state index is 12.3. The van der Waals surface area contributed by atoms with E-state index in [9.17, 15) is 9.59 Å². The summed E-state index contributed by atoms with van der Waals surface area (Å²) < 4.78 is 5.70. The first-order chi connectivity index (χ1) is 12.1. The van der Waals surface area contributed by atoms with Gasteiger partial charge >= 0.3 is 6.03 Å². The van der Waals surface area contributed by atoms with Crippen LogP contribution in [0.5, 0.6) is 0 Å². The smallest absolute Gasteiger partial charge is 0.324 e. The van der Waals surface area contributed by atoms with Crippen molar-refractivity contribution < 1.29 is 14.0 Å². The summed E-state index contributed by atoms with van der Waals surface area (Å²) in [7, 11) is 0. The minimum absolute atomic E-state index is 0.271. The number of H-pyrrole nitrogens is 1. The van der Waals surface area contributed by atoms with E-state index in [0.717, 1.165) is 28.2 Å². The molecule has 1 atom stereocenters. The molecular formula is C16H15N5O3S. The van der Waals surface area contributed by atoms with Crippen LogP contribution < -0.4 is 5.32 Å². The molecule has 0 aliphatic carbocycles. The fourth-order valence-corrected chi connectivity index (χ4v) is 3.46. The van der Waals surface area contributed by atoms with E-state index >= 15 is 0 Å². The molecule has 0 spiro atoms. The number of benzene rings is 1. The van der Waals surface area contributed by atoms with Crippen LogP contribution in [0.3, 0.4) is 0 Å². The largest absolute Gasteiger partial charge is 0.411 e. The second kappa shape index (κ2) is 6.25. The van der Waals surface area contributed by atoms with Gasteiger partial charge in [-0.05, 0) is 13.0 Å². The number of carbonyl (C=O) groups is 2. The zero-order valence-corrected chi connectivity index (χ0v) is 14.2. The van der Waals surface area contributed by atoms with Gasteiger partial charge in [0.2, 0.25) is 5.91 Å². The van der Waals surface area contributed by atoms with E-state index in [1.807, 2.05) is 30.5 Å². The lowest BCUT2D eigenvalue weighted by Gasteiger charge is -2.15. The van der Waals surface area contributed by atoms with Gasteiger partial charge in [0.1, 0.15) is 0 Å². The summed E-state index contributed by atoms with van der Waals surface area (Å²) in [6.45, 7) is 2.58. The van der Waals surface area contributed by atoms with Gasteiger partial charge in [-0.2, -0.15) is 0 Å². The Balaban J connectivity index is 1.51. The van der Waals surface area contributed by atoms with Crippen LogP contribution in [0.2, 0.25) is 0 Å². The van der Waals surface area contributed by atoms with Gasteiger partial charge in [-0.3, -0.25) is 9.69 Å². The minimum atomic E-state index is -0.500. The highest BCUT2D eigenvalue weighted by Gasteiger charge is 2.31. The number of carbonyl (C=O) groups excluding carboxylic acids is 2. The lowest BCUT2D eigenvalue weighted by Crippen LogP contribution is -2.38. The molecule has 3 heterocycles. The molecule has 9 heteroatoms. The Morgan fingerprint density at radius 3 is 3.00 bits per heavy atom. The van der Waals surface area contributed by atoms with Gasteiger partial charge in [-0.15, -0.1) is 10.2 Å². The van der Waals surface area contributed by atoms with Gasteiger partial charge in [0, 0.05) is 30.2 Å². The number of fused-ring (bicyclic) bond motifs is 1. The highest BCUT2D eigenvalue weighted by Crippen LogP contribution is 2.31. The summed E-state index contributed by atoms with van der Waals surface area (Å²) in [6.07, 6.45) is 1.82. The Morgan fingerprint density at radius 1 is 1.36 bits per heavy atom. The number of nitrogens with one attached hydrogen (secondary N) is 2. The number of hydrogen-bond donors (Lipinski definition) is 2. The lowest BCUT2D eigenvalue weighted by atomic mass is 10.2. The molecule has 128 valence electrons. The highest BCUT2D eigenvalue weighted by atomic mass is 32.2. The van der Waals surface area contributed by atoms with E-state index in [0.29, 0.717) is 24.2 Å². The number of imide groups is 1. The van der Waals surface area contributed by atoms with Crippen LogP contribution in [0.15, 0.2) is 40.1 Å². The Hall–Kier alpha value is -2.81. The third kappa shape index (κ3) is 2.86. The Kier molecular flexibility index (Phi) is 3.92. The van der Waals surface area contributed by atoms with E-state index in [2.05, 4.69) is 20.5 Å². The maximum absolute atomic E-state index is 12.3. The van der Waals surface area contributed by atoms with Crippen LogP contribution in [0, 0.1) is 0 Å². The van der Waals surface area contributed by atoms with E-state index in [4.69, 9.17) is 4.42 Å². The van der Waals surface area contributed by atoms with Crippen molar-refractivity contribution in [2.24, 2.45) is 0 Å². The van der Waals surface area contributed by atoms with E-state index < -0.39 is 5.25 Å². The number of para-hydroxylation sites is 1. The first-order valence-corrected chi connectivity index (χ1v) is 8.67. The average molecular weight is 357 g/mol. The third-order valence-electron chi connectivity index (χ3n) is 3.97. The number of thioether (sulfide) groups is 1. The molecule has 8 nitrogen and oxygen atoms in total. The summed E-state index contributed by atoms with van der Waals surface area (Å²) in [5.74, 6) is 0.116. The van der Waals surface area contributed by atoms with Crippen LogP contribution in [-0.4, -0.2) is 50.4 Å². The monoisotopic (exact) mass is 357 g/mol. The Bertz CT molecular complexity index is 950. The predicted molar refractivity (Wildman–Crippen MR) is 92.0 cm³/mol. The molecule has 0 unspecified atom stereocenters. The summed E-state index contributed by atoms with van der Waals surface area (Å²) >= 11 is 1.14. The molecule has 25 heavy (non-hydrogen) atoms. The zero-order chi connectivity index (χ0) is 17.4. The number of amides is 3. The van der Waals surface area contributed by atoms with Gasteiger partial charge < -0.3 is 14.7 Å². The molecule has 1 aliphatic heterocycles. The first kappa shape index (κ1) is 15.7. The van der Waals surface area contributed by atoms with Crippen LogP contribution in [-0.2, 0) is 4.79 Å². The van der Waals surface area contributed by atoms with E-state index in [1.54, 1.807) is 6.92 Å². The molecule has 3 aromatic rings. The molecule has 1 aliphatic rings. The molecule has 0 bridgehead atoms. The number of urea groups is 1. The van der Waals surface area contributed by atoms with Crippen molar-refractivity contribution in [2.45, 2.75) is 17.4 Å². The number of hydrogen-bond acceptors (Lipinski definition) is 6. The summed E-state index contributed by atoms with van der Waals surface area (Å²) in [5.41, 5.74) is 1.79. The molecule has 1 aromatic carbocycles. The summed E-state index contributed by atoms with van der Waals surface area (Å²) in [4.78, 5) is 28.3. The molecule has 2 aromatic heterocycles. The van der Waals surface area contributed by atoms with Gasteiger partial charge in [-0.25, -0.2) is 4.79 Å². The molecule has 2 N–H and O–H groups in total. The van der Waals surface area contributed by atoms with Gasteiger partial charge in [0.15, 0.2) is 0 Å². The molecule has 1 saturated heterocycles. The second-order valence-corrected chi connectivity index (χ2v) is 6.89. The highest BCUT2D eigenvalue weighted by molar-refractivity contribution is 8.00. The standard InChI is InChI=1S/C16H15N5O3S/c1-9(14(22)21-7-6-17-15(21)23)25-16-20-19-13(24-16)11-8-18-12-5-3-2-4-10(11)12/h2-5,8-9,18H,6-7H2,1H3,(H,17,23)/t9-/m0/s1. The van der Waals surface area contributed by atoms with Crippen molar-refractivity contribution in [1.29, 1.82) is 0 Å². The topological polar surface area (TPSA) is 104 Å². The predicted octanol–water partition coefficient (Wildman–Crippen LogP) is 2.25. The molecule has 3 amide bonds. The molecule has 1 fully saturated rings. The van der Waals surface area contributed by atoms with Crippen molar-refractivity contribution in [1.82, 2.24) is 25.4 Å². The van der Waals surface area contributed by atoms with Crippen LogP contribution in [0.1, 0.15) is 6.92 Å². The van der Waals surface area contributed by atoms with Crippen molar-refractivity contribution >= 4 is 34.6 Å². The van der Waals surface area contributed by atoms with Gasteiger partial charge in [0.05, 0.1) is 10.8 Å².